The van der Waals surface area contributed by atoms with E-state index >= 15 is 0 Å². The summed E-state index contributed by atoms with van der Waals surface area (Å²) in [6, 6.07) is 13.0. The summed E-state index contributed by atoms with van der Waals surface area (Å²) in [4.78, 5) is 28.6. The number of amides is 1. The third-order valence-corrected chi connectivity index (χ3v) is 4.48. The zero-order chi connectivity index (χ0) is 19.9. The zero-order valence-corrected chi connectivity index (χ0v) is 16.0. The van der Waals surface area contributed by atoms with Crippen molar-refractivity contribution >= 4 is 17.4 Å². The molecule has 6 nitrogen and oxygen atoms in total. The van der Waals surface area contributed by atoms with Crippen LogP contribution in [0.5, 0.6) is 5.75 Å². The largest absolute Gasteiger partial charge is 0.497 e. The summed E-state index contributed by atoms with van der Waals surface area (Å²) >= 11 is 0. The number of methoxy groups -OCH3 is 1. The number of carbonyl (C=O) groups excluding carboxylic acids is 2. The van der Waals surface area contributed by atoms with Crippen LogP contribution in [0.4, 0.5) is 5.69 Å². The Labute approximate surface area is 164 Å². The minimum Gasteiger partial charge on any atom is -0.497 e. The Morgan fingerprint density at radius 1 is 1.11 bits per heavy atom. The molecule has 0 unspecified atom stereocenters. The van der Waals surface area contributed by atoms with Crippen LogP contribution in [-0.2, 0) is 11.3 Å². The third-order valence-electron chi connectivity index (χ3n) is 4.48. The van der Waals surface area contributed by atoms with E-state index in [-0.39, 0.29) is 24.5 Å². The smallest absolute Gasteiger partial charge is 0.224 e. The highest BCUT2D eigenvalue weighted by Crippen LogP contribution is 2.19. The summed E-state index contributed by atoms with van der Waals surface area (Å²) in [7, 11) is 1.59. The van der Waals surface area contributed by atoms with Crippen molar-refractivity contribution in [3.05, 3.63) is 77.9 Å². The highest BCUT2D eigenvalue weighted by Gasteiger charge is 2.12. The van der Waals surface area contributed by atoms with Gasteiger partial charge in [-0.1, -0.05) is 12.1 Å². The lowest BCUT2D eigenvalue weighted by Crippen LogP contribution is -2.14. The molecule has 1 heterocycles. The maximum Gasteiger partial charge on any atom is 0.224 e. The van der Waals surface area contributed by atoms with Crippen LogP contribution in [-0.4, -0.2) is 28.4 Å². The van der Waals surface area contributed by atoms with Crippen molar-refractivity contribution in [3.8, 4) is 5.75 Å². The number of carbonyl (C=O) groups is 2. The summed E-state index contributed by atoms with van der Waals surface area (Å²) in [5, 5.41) is 2.84. The lowest BCUT2D eigenvalue weighted by molar-refractivity contribution is -0.116. The van der Waals surface area contributed by atoms with Crippen LogP contribution in [0.1, 0.15) is 34.3 Å². The number of hydrogen-bond donors (Lipinski definition) is 1. The fourth-order valence-electron chi connectivity index (χ4n) is 2.95. The predicted octanol–water partition coefficient (Wildman–Crippen LogP) is 3.85. The number of anilines is 1. The summed E-state index contributed by atoms with van der Waals surface area (Å²) in [6.45, 7) is 2.59. The number of Topliss-reactive ketones (excluding diaryl/α,β-unsaturated/α-hetero) is 1. The molecule has 1 amide bonds. The van der Waals surface area contributed by atoms with Gasteiger partial charge in [-0.25, -0.2) is 4.98 Å². The van der Waals surface area contributed by atoms with E-state index in [9.17, 15) is 9.59 Å². The van der Waals surface area contributed by atoms with Gasteiger partial charge >= 0.3 is 0 Å². The van der Waals surface area contributed by atoms with E-state index in [4.69, 9.17) is 4.74 Å². The Morgan fingerprint density at radius 2 is 1.89 bits per heavy atom. The Bertz CT molecular complexity index is 948. The average Bonchev–Trinajstić information content (AvgIpc) is 3.20. The van der Waals surface area contributed by atoms with Gasteiger partial charge in [-0.05, 0) is 48.4 Å². The minimum atomic E-state index is -0.179. The Balaban J connectivity index is 1.50. The molecule has 0 radical (unpaired) electrons. The predicted molar refractivity (Wildman–Crippen MR) is 108 cm³/mol. The molecule has 144 valence electrons. The number of ketones is 1. The number of hydrogen-bond acceptors (Lipinski definition) is 4. The SMILES string of the molecule is COc1ccc(C(=O)CCC(=O)Nc2ccc(Cn3ccnc3)cc2)c(C)c1. The van der Waals surface area contributed by atoms with Gasteiger partial charge in [-0.3, -0.25) is 9.59 Å². The van der Waals surface area contributed by atoms with Crippen molar-refractivity contribution in [2.75, 3.05) is 12.4 Å². The normalized spacial score (nSPS) is 10.5. The maximum atomic E-state index is 12.4. The summed E-state index contributed by atoms with van der Waals surface area (Å²) < 4.78 is 7.12. The van der Waals surface area contributed by atoms with Crippen molar-refractivity contribution in [2.24, 2.45) is 0 Å². The van der Waals surface area contributed by atoms with Crippen LogP contribution in [0.25, 0.3) is 0 Å². The molecule has 3 aromatic rings. The van der Waals surface area contributed by atoms with Crippen LogP contribution < -0.4 is 10.1 Å². The molecule has 0 aliphatic heterocycles. The fourth-order valence-corrected chi connectivity index (χ4v) is 2.95. The van der Waals surface area contributed by atoms with E-state index in [1.165, 1.54) is 0 Å². The Morgan fingerprint density at radius 3 is 2.54 bits per heavy atom. The summed E-state index contributed by atoms with van der Waals surface area (Å²) in [6.07, 6.45) is 5.70. The number of aromatic nitrogens is 2. The maximum absolute atomic E-state index is 12.4. The standard InChI is InChI=1S/C22H23N3O3/c1-16-13-19(28-2)7-8-20(16)21(26)9-10-22(27)24-18-5-3-17(4-6-18)14-25-12-11-23-15-25/h3-8,11-13,15H,9-10,14H2,1-2H3,(H,24,27). The van der Waals surface area contributed by atoms with Gasteiger partial charge in [0.25, 0.3) is 0 Å². The number of nitrogens with one attached hydrogen (secondary N) is 1. The topological polar surface area (TPSA) is 73.2 Å². The molecule has 28 heavy (non-hydrogen) atoms. The van der Waals surface area contributed by atoms with Crippen LogP contribution in [0.3, 0.4) is 0 Å². The number of ether oxygens (including phenoxy) is 1. The van der Waals surface area contributed by atoms with Crippen molar-refractivity contribution < 1.29 is 14.3 Å². The first-order valence-corrected chi connectivity index (χ1v) is 9.07. The number of imidazole rings is 1. The van der Waals surface area contributed by atoms with Crippen molar-refractivity contribution in [3.63, 3.8) is 0 Å². The molecule has 2 aromatic carbocycles. The minimum absolute atomic E-state index is 0.0500. The highest BCUT2D eigenvalue weighted by molar-refractivity contribution is 6.01. The van der Waals surface area contributed by atoms with Crippen LogP contribution in [0.15, 0.2) is 61.2 Å². The van der Waals surface area contributed by atoms with Gasteiger partial charge < -0.3 is 14.6 Å². The second-order valence-electron chi connectivity index (χ2n) is 6.58. The van der Waals surface area contributed by atoms with E-state index in [1.807, 2.05) is 48.0 Å². The van der Waals surface area contributed by atoms with Crippen LogP contribution in [0, 0.1) is 6.92 Å². The highest BCUT2D eigenvalue weighted by atomic mass is 16.5. The lowest BCUT2D eigenvalue weighted by atomic mass is 10.0. The molecule has 3 rings (SSSR count). The van der Waals surface area contributed by atoms with Crippen LogP contribution >= 0.6 is 0 Å². The van der Waals surface area contributed by atoms with Gasteiger partial charge in [0, 0.05) is 43.0 Å². The first-order chi connectivity index (χ1) is 13.5. The number of nitrogens with zero attached hydrogens (tertiary/aromatic N) is 2. The summed E-state index contributed by atoms with van der Waals surface area (Å²) in [5.74, 6) is 0.483. The molecule has 1 aromatic heterocycles. The molecule has 0 aliphatic rings. The first-order valence-electron chi connectivity index (χ1n) is 9.07. The number of aryl methyl sites for hydroxylation is 1. The van der Waals surface area contributed by atoms with Gasteiger partial charge in [0.2, 0.25) is 5.91 Å². The number of benzene rings is 2. The van der Waals surface area contributed by atoms with E-state index in [2.05, 4.69) is 10.3 Å². The van der Waals surface area contributed by atoms with Crippen molar-refractivity contribution in [1.82, 2.24) is 9.55 Å². The Kier molecular flexibility index (Phi) is 6.22. The van der Waals surface area contributed by atoms with E-state index in [0.717, 1.165) is 17.7 Å². The van der Waals surface area contributed by atoms with Crippen molar-refractivity contribution in [1.29, 1.82) is 0 Å². The third kappa shape index (κ3) is 5.07. The van der Waals surface area contributed by atoms with Crippen LogP contribution in [0.2, 0.25) is 0 Å². The van der Waals surface area contributed by atoms with E-state index in [1.54, 1.807) is 31.8 Å². The van der Waals surface area contributed by atoms with Gasteiger partial charge in [-0.15, -0.1) is 0 Å². The molecular weight excluding hydrogens is 354 g/mol. The van der Waals surface area contributed by atoms with Gasteiger partial charge in [0.1, 0.15) is 5.75 Å². The van der Waals surface area contributed by atoms with Gasteiger partial charge in [0.15, 0.2) is 5.78 Å². The van der Waals surface area contributed by atoms with Gasteiger partial charge in [0.05, 0.1) is 13.4 Å². The molecule has 0 saturated carbocycles. The first kappa shape index (κ1) is 19.4. The molecular formula is C22H23N3O3. The fraction of sp³-hybridized carbons (Fsp3) is 0.227. The average molecular weight is 377 g/mol. The number of rotatable bonds is 8. The molecule has 0 fully saturated rings. The molecule has 0 spiro atoms. The van der Waals surface area contributed by atoms with E-state index in [0.29, 0.717) is 17.0 Å². The van der Waals surface area contributed by atoms with E-state index < -0.39 is 0 Å². The quantitative estimate of drug-likeness (QED) is 0.605. The monoisotopic (exact) mass is 377 g/mol. The van der Waals surface area contributed by atoms with Crippen molar-refractivity contribution in [2.45, 2.75) is 26.3 Å². The zero-order valence-electron chi connectivity index (χ0n) is 16.0. The van der Waals surface area contributed by atoms with Gasteiger partial charge in [-0.2, -0.15) is 0 Å². The lowest BCUT2D eigenvalue weighted by Gasteiger charge is -2.09. The molecule has 6 heteroatoms. The Hall–Kier alpha value is -3.41. The molecule has 0 saturated heterocycles. The summed E-state index contributed by atoms with van der Waals surface area (Å²) in [5.41, 5.74) is 3.30. The molecule has 0 bridgehead atoms. The molecule has 0 aliphatic carbocycles. The second kappa shape index (κ2) is 8.99. The molecule has 0 atom stereocenters. The molecule has 1 N–H and O–H groups in total. The second-order valence-corrected chi connectivity index (χ2v) is 6.58.